The van der Waals surface area contributed by atoms with Gasteiger partial charge < -0.3 is 14.6 Å². The molecule has 1 amide bonds. The van der Waals surface area contributed by atoms with Crippen molar-refractivity contribution in [3.8, 4) is 0 Å². The van der Waals surface area contributed by atoms with Crippen LogP contribution in [0.3, 0.4) is 0 Å². The van der Waals surface area contributed by atoms with Crippen LogP contribution in [0.25, 0.3) is 0 Å². The van der Waals surface area contributed by atoms with Crippen molar-refractivity contribution in [3.05, 3.63) is 12.2 Å². The molecule has 1 saturated heterocycles. The van der Waals surface area contributed by atoms with Crippen molar-refractivity contribution in [2.75, 3.05) is 26.7 Å². The van der Waals surface area contributed by atoms with E-state index in [1.807, 2.05) is 16.5 Å². The molecule has 0 aliphatic carbocycles. The summed E-state index contributed by atoms with van der Waals surface area (Å²) in [5.74, 6) is 0.892. The summed E-state index contributed by atoms with van der Waals surface area (Å²) >= 11 is 0. The number of nitrogens with zero attached hydrogens (tertiary/aromatic N) is 4. The lowest BCUT2D eigenvalue weighted by molar-refractivity contribution is -0.122. The number of hydrogen-bond acceptors (Lipinski definition) is 5. The Kier molecular flexibility index (Phi) is 5.69. The Labute approximate surface area is 125 Å². The van der Waals surface area contributed by atoms with Crippen molar-refractivity contribution in [1.29, 1.82) is 0 Å². The average Bonchev–Trinajstić information content (AvgIpc) is 3.06. The molecule has 0 spiro atoms. The topological polar surface area (TPSA) is 72.3 Å². The number of ether oxygens (including phenoxy) is 1. The molecule has 1 fully saturated rings. The molecule has 118 valence electrons. The van der Waals surface area contributed by atoms with E-state index in [9.17, 15) is 4.79 Å². The van der Waals surface area contributed by atoms with E-state index in [4.69, 9.17) is 4.74 Å². The van der Waals surface area contributed by atoms with Crippen LogP contribution < -0.4 is 5.32 Å². The summed E-state index contributed by atoms with van der Waals surface area (Å²) in [5, 5.41) is 11.0. The second kappa shape index (κ2) is 7.51. The van der Waals surface area contributed by atoms with Crippen molar-refractivity contribution in [3.63, 3.8) is 0 Å². The summed E-state index contributed by atoms with van der Waals surface area (Å²) in [4.78, 5) is 13.8. The van der Waals surface area contributed by atoms with Crippen molar-refractivity contribution in [2.45, 2.75) is 45.4 Å². The van der Waals surface area contributed by atoms with Gasteiger partial charge in [-0.3, -0.25) is 9.69 Å². The van der Waals surface area contributed by atoms with E-state index >= 15 is 0 Å². The molecular weight excluding hydrogens is 270 g/mol. The predicted octanol–water partition coefficient (Wildman–Crippen LogP) is 0.586. The Morgan fingerprint density at radius 2 is 2.43 bits per heavy atom. The maximum absolute atomic E-state index is 11.9. The molecule has 0 saturated carbocycles. The highest BCUT2D eigenvalue weighted by atomic mass is 16.5. The van der Waals surface area contributed by atoms with Crippen LogP contribution in [0.1, 0.15) is 38.6 Å². The lowest BCUT2D eigenvalue weighted by Gasteiger charge is -2.18. The van der Waals surface area contributed by atoms with Gasteiger partial charge >= 0.3 is 0 Å². The fourth-order valence-electron chi connectivity index (χ4n) is 2.44. The maximum atomic E-state index is 11.9. The Balaban J connectivity index is 1.74. The van der Waals surface area contributed by atoms with Crippen LogP contribution in [-0.2, 0) is 16.1 Å². The van der Waals surface area contributed by atoms with Crippen LogP contribution in [0.15, 0.2) is 6.33 Å². The minimum atomic E-state index is 0.0172. The predicted molar refractivity (Wildman–Crippen MR) is 78.7 cm³/mol. The van der Waals surface area contributed by atoms with Crippen molar-refractivity contribution >= 4 is 5.91 Å². The molecule has 1 aliphatic rings. The van der Waals surface area contributed by atoms with E-state index in [0.717, 1.165) is 25.3 Å². The molecule has 7 heteroatoms. The highest BCUT2D eigenvalue weighted by Gasteiger charge is 2.17. The van der Waals surface area contributed by atoms with Gasteiger partial charge in [-0.2, -0.15) is 0 Å². The number of nitrogens with one attached hydrogen (secondary N) is 1. The summed E-state index contributed by atoms with van der Waals surface area (Å²) in [7, 11) is 1.91. The lowest BCUT2D eigenvalue weighted by atomic mass is 10.2. The molecule has 1 aromatic heterocycles. The standard InChI is InChI=1S/C14H25N5O2/c1-11(2)19-10-16-17-13(19)8-18(3)9-14(20)15-7-12-5-4-6-21-12/h10-12H,4-9H2,1-3H3,(H,15,20)/t12-/m1/s1. The lowest BCUT2D eigenvalue weighted by Crippen LogP contribution is -2.38. The molecule has 0 bridgehead atoms. The van der Waals surface area contributed by atoms with Crippen LogP contribution in [-0.4, -0.2) is 58.4 Å². The minimum Gasteiger partial charge on any atom is -0.376 e. The maximum Gasteiger partial charge on any atom is 0.234 e. The van der Waals surface area contributed by atoms with Gasteiger partial charge in [0.05, 0.1) is 19.2 Å². The van der Waals surface area contributed by atoms with Crippen LogP contribution in [0.4, 0.5) is 0 Å². The number of likely N-dealkylation sites (N-methyl/N-ethyl adjacent to an activating group) is 1. The number of rotatable bonds is 7. The molecule has 1 aliphatic heterocycles. The molecule has 2 heterocycles. The van der Waals surface area contributed by atoms with Gasteiger partial charge in [-0.1, -0.05) is 0 Å². The third-order valence-electron chi connectivity index (χ3n) is 3.58. The summed E-state index contributed by atoms with van der Waals surface area (Å²) in [6.07, 6.45) is 4.04. The number of carbonyl (C=O) groups is 1. The van der Waals surface area contributed by atoms with Gasteiger partial charge in [-0.15, -0.1) is 10.2 Å². The Bertz CT molecular complexity index is 454. The van der Waals surface area contributed by atoms with Gasteiger partial charge in [0.15, 0.2) is 0 Å². The molecule has 7 nitrogen and oxygen atoms in total. The Morgan fingerprint density at radius 1 is 1.62 bits per heavy atom. The normalized spacial score (nSPS) is 18.6. The third-order valence-corrected chi connectivity index (χ3v) is 3.58. The highest BCUT2D eigenvalue weighted by Crippen LogP contribution is 2.10. The van der Waals surface area contributed by atoms with Crippen LogP contribution >= 0.6 is 0 Å². The van der Waals surface area contributed by atoms with Gasteiger partial charge in [0.25, 0.3) is 0 Å². The molecule has 0 radical (unpaired) electrons. The molecule has 21 heavy (non-hydrogen) atoms. The minimum absolute atomic E-state index is 0.0172. The molecule has 1 atom stereocenters. The first-order valence-electron chi connectivity index (χ1n) is 7.51. The summed E-state index contributed by atoms with van der Waals surface area (Å²) in [6, 6.07) is 0.316. The van der Waals surface area contributed by atoms with Crippen molar-refractivity contribution in [2.24, 2.45) is 0 Å². The van der Waals surface area contributed by atoms with E-state index in [2.05, 4.69) is 29.4 Å². The van der Waals surface area contributed by atoms with Gasteiger partial charge in [-0.05, 0) is 33.7 Å². The molecule has 1 N–H and O–H groups in total. The molecule has 1 aromatic rings. The molecular formula is C14H25N5O2. The Hall–Kier alpha value is -1.47. The monoisotopic (exact) mass is 295 g/mol. The zero-order valence-corrected chi connectivity index (χ0v) is 13.1. The van der Waals surface area contributed by atoms with Crippen LogP contribution in [0.5, 0.6) is 0 Å². The smallest absolute Gasteiger partial charge is 0.234 e. The van der Waals surface area contributed by atoms with Gasteiger partial charge in [0, 0.05) is 19.2 Å². The van der Waals surface area contributed by atoms with E-state index in [1.165, 1.54) is 0 Å². The van der Waals surface area contributed by atoms with Crippen molar-refractivity contribution in [1.82, 2.24) is 25.0 Å². The summed E-state index contributed by atoms with van der Waals surface area (Å²) < 4.78 is 7.50. The van der Waals surface area contributed by atoms with Crippen LogP contribution in [0, 0.1) is 0 Å². The summed E-state index contributed by atoms with van der Waals surface area (Å²) in [6.45, 7) is 6.53. The van der Waals surface area contributed by atoms with E-state index in [-0.39, 0.29) is 12.0 Å². The fraction of sp³-hybridized carbons (Fsp3) is 0.786. The quantitative estimate of drug-likeness (QED) is 0.797. The highest BCUT2D eigenvalue weighted by molar-refractivity contribution is 5.77. The largest absolute Gasteiger partial charge is 0.376 e. The Morgan fingerprint density at radius 3 is 3.10 bits per heavy atom. The SMILES string of the molecule is CC(C)n1cnnc1CN(C)CC(=O)NC[C@H]1CCCO1. The molecule has 0 aromatic carbocycles. The van der Waals surface area contributed by atoms with Crippen LogP contribution in [0.2, 0.25) is 0 Å². The van der Waals surface area contributed by atoms with Gasteiger partial charge in [0.1, 0.15) is 12.2 Å². The molecule has 0 unspecified atom stereocenters. The van der Waals surface area contributed by atoms with E-state index in [1.54, 1.807) is 6.33 Å². The van der Waals surface area contributed by atoms with Crippen molar-refractivity contribution < 1.29 is 9.53 Å². The van der Waals surface area contributed by atoms with E-state index in [0.29, 0.717) is 25.7 Å². The summed E-state index contributed by atoms with van der Waals surface area (Å²) in [5.41, 5.74) is 0. The number of amides is 1. The van der Waals surface area contributed by atoms with E-state index < -0.39 is 0 Å². The third kappa shape index (κ3) is 4.78. The average molecular weight is 295 g/mol. The number of carbonyl (C=O) groups excluding carboxylic acids is 1. The first kappa shape index (κ1) is 15.9. The number of aromatic nitrogens is 3. The van der Waals surface area contributed by atoms with Gasteiger partial charge in [0.2, 0.25) is 5.91 Å². The first-order valence-corrected chi connectivity index (χ1v) is 7.51. The molecule has 2 rings (SSSR count). The number of hydrogen-bond donors (Lipinski definition) is 1. The van der Waals surface area contributed by atoms with Gasteiger partial charge in [-0.25, -0.2) is 0 Å². The first-order chi connectivity index (χ1) is 10.1. The fourth-order valence-corrected chi connectivity index (χ4v) is 2.44. The second-order valence-electron chi connectivity index (χ2n) is 5.86. The zero-order valence-electron chi connectivity index (χ0n) is 13.1. The second-order valence-corrected chi connectivity index (χ2v) is 5.86. The zero-order chi connectivity index (χ0) is 15.2.